The molecule has 0 spiro atoms. The normalized spacial score (nSPS) is 29.5. The van der Waals surface area contributed by atoms with Gasteiger partial charge in [0.25, 0.3) is 0 Å². The van der Waals surface area contributed by atoms with Gasteiger partial charge in [-0.25, -0.2) is 0 Å². The lowest BCUT2D eigenvalue weighted by molar-refractivity contribution is -0.201. The number of aliphatic hydroxyl groups is 1. The van der Waals surface area contributed by atoms with E-state index in [0.29, 0.717) is 30.9 Å². The van der Waals surface area contributed by atoms with Gasteiger partial charge in [-0.05, 0) is 65.0 Å². The van der Waals surface area contributed by atoms with E-state index in [-0.39, 0.29) is 40.9 Å². The van der Waals surface area contributed by atoms with Crippen molar-refractivity contribution in [2.45, 2.75) is 69.9 Å². The van der Waals surface area contributed by atoms with Crippen LogP contribution in [0.4, 0.5) is 5.69 Å². The summed E-state index contributed by atoms with van der Waals surface area (Å²) in [5.41, 5.74) is 4.23. The number of rotatable bonds is 6. The Morgan fingerprint density at radius 1 is 0.977 bits per heavy atom. The first kappa shape index (κ1) is 29.1. The highest BCUT2D eigenvalue weighted by Gasteiger charge is 2.55. The van der Waals surface area contributed by atoms with Gasteiger partial charge in [-0.15, -0.1) is 0 Å². The molecule has 5 heterocycles. The summed E-state index contributed by atoms with van der Waals surface area (Å²) < 4.78 is 12.2. The van der Waals surface area contributed by atoms with Gasteiger partial charge in [-0.1, -0.05) is 63.2 Å². The molecule has 8 nitrogen and oxygen atoms in total. The zero-order valence-corrected chi connectivity index (χ0v) is 25.6. The average molecular weight is 596 g/mol. The number of nitrogens with one attached hydrogen (secondary N) is 1. The molecule has 2 aliphatic carbocycles. The predicted molar refractivity (Wildman–Crippen MR) is 166 cm³/mol. The topological polar surface area (TPSA) is 101 Å². The fourth-order valence-electron chi connectivity index (χ4n) is 7.87. The number of fused-ring (bicyclic) bond motifs is 3. The van der Waals surface area contributed by atoms with Gasteiger partial charge in [0.15, 0.2) is 6.29 Å². The highest BCUT2D eigenvalue weighted by molar-refractivity contribution is 6.03. The van der Waals surface area contributed by atoms with Crippen molar-refractivity contribution in [2.75, 3.05) is 18.1 Å². The van der Waals surface area contributed by atoms with Gasteiger partial charge >= 0.3 is 0 Å². The van der Waals surface area contributed by atoms with Gasteiger partial charge in [0.1, 0.15) is 6.04 Å². The Morgan fingerprint density at radius 2 is 1.75 bits per heavy atom. The minimum absolute atomic E-state index is 0.0255. The second-order valence-corrected chi connectivity index (χ2v) is 13.9. The molecule has 6 aliphatic rings. The van der Waals surface area contributed by atoms with E-state index in [2.05, 4.69) is 31.1 Å². The molecule has 8 heteroatoms. The molecule has 8 atom stereocenters. The quantitative estimate of drug-likeness (QED) is 0.422. The Balaban J connectivity index is 1.32. The lowest BCUT2D eigenvalue weighted by Gasteiger charge is -2.46. The number of hydrogen-bond donors (Lipinski definition) is 2. The van der Waals surface area contributed by atoms with Crippen molar-refractivity contribution in [1.82, 2.24) is 10.3 Å². The van der Waals surface area contributed by atoms with E-state index in [0.717, 1.165) is 29.5 Å². The minimum Gasteiger partial charge on any atom is -0.390 e. The maximum Gasteiger partial charge on any atom is 0.248 e. The highest BCUT2D eigenvalue weighted by atomic mass is 16.7. The van der Waals surface area contributed by atoms with Gasteiger partial charge < -0.3 is 19.9 Å². The largest absolute Gasteiger partial charge is 0.390 e. The van der Waals surface area contributed by atoms with Crippen molar-refractivity contribution in [3.63, 3.8) is 0 Å². The molecule has 1 saturated carbocycles. The van der Waals surface area contributed by atoms with Crippen molar-refractivity contribution in [3.8, 4) is 0 Å². The van der Waals surface area contributed by atoms with E-state index in [1.54, 1.807) is 23.4 Å². The van der Waals surface area contributed by atoms with E-state index in [9.17, 15) is 9.90 Å². The van der Waals surface area contributed by atoms with Gasteiger partial charge in [0.05, 0.1) is 31.3 Å². The van der Waals surface area contributed by atoms with Crippen LogP contribution in [0.25, 0.3) is 0 Å². The van der Waals surface area contributed by atoms with E-state index < -0.39 is 24.5 Å². The van der Waals surface area contributed by atoms with Crippen LogP contribution in [0, 0.1) is 23.7 Å². The molecule has 44 heavy (non-hydrogen) atoms. The third kappa shape index (κ3) is 5.13. The first-order chi connectivity index (χ1) is 21.2. The number of aliphatic hydroxyl groups excluding tert-OH is 1. The minimum atomic E-state index is -1.00. The number of amides is 2. The first-order valence-corrected chi connectivity index (χ1v) is 15.8. The second kappa shape index (κ2) is 11.4. The van der Waals surface area contributed by atoms with Crippen molar-refractivity contribution >= 4 is 17.5 Å². The van der Waals surface area contributed by atoms with Gasteiger partial charge in [-0.3, -0.25) is 19.5 Å². The zero-order chi connectivity index (χ0) is 30.6. The number of pyridine rings is 1. The molecule has 4 aliphatic heterocycles. The van der Waals surface area contributed by atoms with Crippen molar-refractivity contribution in [3.05, 3.63) is 95.3 Å². The Morgan fingerprint density at radius 3 is 2.50 bits per heavy atom. The summed E-state index contributed by atoms with van der Waals surface area (Å²) in [6.45, 7) is 7.54. The average Bonchev–Trinajstić information content (AvgIpc) is 3.22. The summed E-state index contributed by atoms with van der Waals surface area (Å²) in [4.78, 5) is 35.7. The first-order valence-electron chi connectivity index (χ1n) is 15.8. The van der Waals surface area contributed by atoms with Crippen LogP contribution in [-0.4, -0.2) is 47.5 Å². The standard InChI is InChI=1S/C36H41N3O5/c1-36(2,3)24-11-13-25(14-12-24)39(34(42)30-27-15-10-23-19-43-35(27)44-20-28(23)30)32(22-8-6-16-37-18-22)33(41)38-31-26-9-5-4-7-21(26)17-29(31)40/h4-9,11-14,16,18,23,27-32,35,40H,10,15,17,19-20H2,1-3H3,(H,38,41)/t23?,27?,28?,29-,30-,31+,32?,35-/m0/s1. The maximum atomic E-state index is 15.1. The van der Waals surface area contributed by atoms with Gasteiger partial charge in [0.2, 0.25) is 11.8 Å². The fraction of sp³-hybridized carbons (Fsp3) is 0.472. The van der Waals surface area contributed by atoms with E-state index in [1.165, 1.54) is 0 Å². The van der Waals surface area contributed by atoms with Crippen LogP contribution in [0.1, 0.15) is 68.0 Å². The molecule has 230 valence electrons. The van der Waals surface area contributed by atoms with Crippen LogP contribution in [0.5, 0.6) is 0 Å². The molecule has 4 unspecified atom stereocenters. The molecule has 4 bridgehead atoms. The smallest absolute Gasteiger partial charge is 0.248 e. The molecule has 9 rings (SSSR count). The zero-order valence-electron chi connectivity index (χ0n) is 25.6. The van der Waals surface area contributed by atoms with Crippen molar-refractivity contribution < 1.29 is 24.2 Å². The number of carbonyl (C=O) groups excluding carboxylic acids is 2. The van der Waals surface area contributed by atoms with E-state index in [4.69, 9.17) is 9.47 Å². The SMILES string of the molecule is CC(C)(C)c1ccc(N(C(=O)[C@@H]2C3CO[C@@H]4OCC3CCC42)C(C(=O)N[C@@H]2c3ccccc3C[C@@H]2O)c2cccnc2)cc1. The molecular formula is C36H41N3O5. The van der Waals surface area contributed by atoms with Gasteiger partial charge in [0, 0.05) is 36.0 Å². The highest BCUT2D eigenvalue weighted by Crippen LogP contribution is 2.50. The van der Waals surface area contributed by atoms with E-state index in [1.807, 2.05) is 54.6 Å². The molecule has 2 aromatic carbocycles. The van der Waals surface area contributed by atoms with Crippen LogP contribution in [0.15, 0.2) is 73.1 Å². The van der Waals surface area contributed by atoms with Crippen molar-refractivity contribution in [2.24, 2.45) is 23.7 Å². The number of ether oxygens (including phenoxy) is 2. The van der Waals surface area contributed by atoms with Crippen molar-refractivity contribution in [1.29, 1.82) is 0 Å². The third-order valence-electron chi connectivity index (χ3n) is 10.2. The Hall–Kier alpha value is -3.59. The molecule has 0 radical (unpaired) electrons. The number of anilines is 1. The molecule has 4 saturated heterocycles. The molecule has 2 amide bonds. The summed E-state index contributed by atoms with van der Waals surface area (Å²) in [5, 5.41) is 14.2. The number of nitrogens with zero attached hydrogens (tertiary/aromatic N) is 2. The summed E-state index contributed by atoms with van der Waals surface area (Å²) in [7, 11) is 0. The molecule has 5 fully saturated rings. The molecular weight excluding hydrogens is 554 g/mol. The summed E-state index contributed by atoms with van der Waals surface area (Å²) in [6, 6.07) is 17.8. The number of carbonyl (C=O) groups is 2. The number of benzene rings is 2. The number of hydrogen-bond acceptors (Lipinski definition) is 6. The third-order valence-corrected chi connectivity index (χ3v) is 10.2. The molecule has 2 N–H and O–H groups in total. The lowest BCUT2D eigenvalue weighted by atomic mass is 9.65. The summed E-state index contributed by atoms with van der Waals surface area (Å²) >= 11 is 0. The predicted octanol–water partition coefficient (Wildman–Crippen LogP) is 4.87. The maximum absolute atomic E-state index is 15.1. The lowest BCUT2D eigenvalue weighted by Crippen LogP contribution is -2.55. The Kier molecular flexibility index (Phi) is 7.55. The van der Waals surface area contributed by atoms with E-state index >= 15 is 4.79 Å². The second-order valence-electron chi connectivity index (χ2n) is 13.9. The Bertz CT molecular complexity index is 1500. The number of aromatic nitrogens is 1. The summed E-state index contributed by atoms with van der Waals surface area (Å²) in [5.74, 6) is -0.586. The monoisotopic (exact) mass is 595 g/mol. The van der Waals surface area contributed by atoms with Crippen LogP contribution in [-0.2, 0) is 30.9 Å². The van der Waals surface area contributed by atoms with Crippen LogP contribution >= 0.6 is 0 Å². The molecule has 1 aromatic heterocycles. The van der Waals surface area contributed by atoms with Crippen LogP contribution in [0.2, 0.25) is 0 Å². The molecule has 3 aromatic rings. The van der Waals surface area contributed by atoms with Gasteiger partial charge in [-0.2, -0.15) is 0 Å². The Labute approximate surface area is 258 Å². The fourth-order valence-corrected chi connectivity index (χ4v) is 7.87. The van der Waals surface area contributed by atoms with Crippen LogP contribution < -0.4 is 10.2 Å². The summed E-state index contributed by atoms with van der Waals surface area (Å²) in [6.07, 6.45) is 4.49. The van der Waals surface area contributed by atoms with Crippen LogP contribution in [0.3, 0.4) is 0 Å².